The summed E-state index contributed by atoms with van der Waals surface area (Å²) >= 11 is 0. The second-order valence-electron chi connectivity index (χ2n) is 4.77. The van der Waals surface area contributed by atoms with E-state index in [0.29, 0.717) is 13.2 Å². The number of amides is 1. The molecule has 1 aromatic carbocycles. The largest absolute Gasteiger partial charge is 0.492 e. The third-order valence-corrected chi connectivity index (χ3v) is 3.45. The average Bonchev–Trinajstić information content (AvgIpc) is 2.33. The van der Waals surface area contributed by atoms with Gasteiger partial charge in [0.25, 0.3) is 0 Å². The van der Waals surface area contributed by atoms with Crippen molar-refractivity contribution >= 4 is 5.91 Å². The first kappa shape index (κ1) is 12.9. The summed E-state index contributed by atoms with van der Waals surface area (Å²) in [5.74, 6) is 1.33. The van der Waals surface area contributed by atoms with E-state index < -0.39 is 0 Å². The number of aryl methyl sites for hydroxylation is 1. The van der Waals surface area contributed by atoms with E-state index in [9.17, 15) is 4.79 Å². The highest BCUT2D eigenvalue weighted by Gasteiger charge is 2.24. The molecule has 0 bridgehead atoms. The molecule has 0 atom stereocenters. The fourth-order valence-electron chi connectivity index (χ4n) is 2.01. The zero-order chi connectivity index (χ0) is 12.8. The molecule has 18 heavy (non-hydrogen) atoms. The van der Waals surface area contributed by atoms with E-state index in [1.54, 1.807) is 0 Å². The van der Waals surface area contributed by atoms with Crippen LogP contribution in [0.25, 0.3) is 0 Å². The first-order chi connectivity index (χ1) is 8.79. The lowest BCUT2D eigenvalue weighted by molar-refractivity contribution is -0.127. The zero-order valence-corrected chi connectivity index (χ0v) is 10.9. The number of carbonyl (C=O) groups excluding carboxylic acids is 1. The minimum atomic E-state index is 0.187. The predicted octanol–water partition coefficient (Wildman–Crippen LogP) is 2.54. The van der Waals surface area contributed by atoms with Crippen molar-refractivity contribution in [1.82, 2.24) is 5.32 Å². The molecule has 0 radical (unpaired) electrons. The van der Waals surface area contributed by atoms with Crippen LogP contribution < -0.4 is 10.1 Å². The lowest BCUT2D eigenvalue weighted by Gasteiger charge is -2.23. The topological polar surface area (TPSA) is 38.3 Å². The van der Waals surface area contributed by atoms with Crippen molar-refractivity contribution in [2.75, 3.05) is 13.2 Å². The van der Waals surface area contributed by atoms with Crippen LogP contribution in [0, 0.1) is 5.92 Å². The van der Waals surface area contributed by atoms with Gasteiger partial charge in [-0.2, -0.15) is 0 Å². The van der Waals surface area contributed by atoms with Crippen LogP contribution in [0.1, 0.15) is 31.7 Å². The highest BCUT2D eigenvalue weighted by molar-refractivity contribution is 5.79. The molecule has 0 unspecified atom stereocenters. The summed E-state index contributed by atoms with van der Waals surface area (Å²) < 4.78 is 5.62. The molecule has 3 heteroatoms. The Hall–Kier alpha value is -1.51. The van der Waals surface area contributed by atoms with Crippen molar-refractivity contribution in [1.29, 1.82) is 0 Å². The van der Waals surface area contributed by atoms with Gasteiger partial charge < -0.3 is 10.1 Å². The van der Waals surface area contributed by atoms with Crippen molar-refractivity contribution in [2.45, 2.75) is 32.6 Å². The highest BCUT2D eigenvalue weighted by atomic mass is 16.5. The standard InChI is InChI=1S/C15H21NO2/c1-2-12-5-3-8-14(11-12)18-10-9-16-15(17)13-6-4-7-13/h3,5,8,11,13H,2,4,6-7,9-10H2,1H3,(H,16,17). The fourth-order valence-corrected chi connectivity index (χ4v) is 2.01. The zero-order valence-electron chi connectivity index (χ0n) is 10.9. The van der Waals surface area contributed by atoms with Gasteiger partial charge in [-0.3, -0.25) is 4.79 Å². The van der Waals surface area contributed by atoms with E-state index in [2.05, 4.69) is 18.3 Å². The lowest BCUT2D eigenvalue weighted by atomic mass is 9.85. The van der Waals surface area contributed by atoms with Crippen LogP contribution in [-0.2, 0) is 11.2 Å². The molecule has 3 nitrogen and oxygen atoms in total. The molecular formula is C15H21NO2. The molecule has 1 aliphatic rings. The van der Waals surface area contributed by atoms with Crippen LogP contribution in [0.3, 0.4) is 0 Å². The molecule has 1 fully saturated rings. The number of rotatable bonds is 6. The third-order valence-electron chi connectivity index (χ3n) is 3.45. The van der Waals surface area contributed by atoms with Gasteiger partial charge in [-0.25, -0.2) is 0 Å². The second kappa shape index (κ2) is 6.43. The van der Waals surface area contributed by atoms with Crippen LogP contribution in [0.5, 0.6) is 5.75 Å². The molecule has 1 aromatic rings. The summed E-state index contributed by atoms with van der Waals surface area (Å²) in [6.45, 7) is 3.25. The Balaban J connectivity index is 1.66. The molecular weight excluding hydrogens is 226 g/mol. The van der Waals surface area contributed by atoms with Crippen LogP contribution in [0.15, 0.2) is 24.3 Å². The Morgan fingerprint density at radius 3 is 2.94 bits per heavy atom. The van der Waals surface area contributed by atoms with Crippen LogP contribution in [0.4, 0.5) is 0 Å². The minimum Gasteiger partial charge on any atom is -0.492 e. The molecule has 98 valence electrons. The second-order valence-corrected chi connectivity index (χ2v) is 4.77. The van der Waals surface area contributed by atoms with Crippen molar-refractivity contribution < 1.29 is 9.53 Å². The van der Waals surface area contributed by atoms with E-state index in [1.807, 2.05) is 18.2 Å². The maximum Gasteiger partial charge on any atom is 0.223 e. The van der Waals surface area contributed by atoms with Gasteiger partial charge in [0.1, 0.15) is 12.4 Å². The van der Waals surface area contributed by atoms with E-state index in [-0.39, 0.29) is 11.8 Å². The maximum atomic E-state index is 11.6. The molecule has 0 aromatic heterocycles. The van der Waals surface area contributed by atoms with Gasteiger partial charge in [-0.05, 0) is 37.0 Å². The summed E-state index contributed by atoms with van der Waals surface area (Å²) in [6, 6.07) is 8.09. The smallest absolute Gasteiger partial charge is 0.223 e. The Kier molecular flexibility index (Phi) is 4.62. The number of benzene rings is 1. The number of carbonyl (C=O) groups is 1. The first-order valence-electron chi connectivity index (χ1n) is 6.79. The molecule has 1 N–H and O–H groups in total. The number of hydrogen-bond acceptors (Lipinski definition) is 2. The first-order valence-corrected chi connectivity index (χ1v) is 6.79. The van der Waals surface area contributed by atoms with Gasteiger partial charge in [0.15, 0.2) is 0 Å². The maximum absolute atomic E-state index is 11.6. The third kappa shape index (κ3) is 3.49. The SMILES string of the molecule is CCc1cccc(OCCNC(=O)C2CCC2)c1. The minimum absolute atomic E-state index is 0.187. The van der Waals surface area contributed by atoms with Gasteiger partial charge >= 0.3 is 0 Å². The Labute approximate surface area is 109 Å². The molecule has 2 rings (SSSR count). The van der Waals surface area contributed by atoms with Crippen molar-refractivity contribution in [2.24, 2.45) is 5.92 Å². The van der Waals surface area contributed by atoms with Crippen LogP contribution in [-0.4, -0.2) is 19.1 Å². The monoisotopic (exact) mass is 247 g/mol. The summed E-state index contributed by atoms with van der Waals surface area (Å²) in [7, 11) is 0. The average molecular weight is 247 g/mol. The number of nitrogens with one attached hydrogen (secondary N) is 1. The molecule has 0 spiro atoms. The fraction of sp³-hybridized carbons (Fsp3) is 0.533. The van der Waals surface area contributed by atoms with Crippen molar-refractivity contribution in [3.05, 3.63) is 29.8 Å². The molecule has 1 aliphatic carbocycles. The van der Waals surface area contributed by atoms with E-state index in [1.165, 1.54) is 12.0 Å². The predicted molar refractivity (Wildman–Crippen MR) is 71.7 cm³/mol. The van der Waals surface area contributed by atoms with E-state index in [4.69, 9.17) is 4.74 Å². The van der Waals surface area contributed by atoms with Gasteiger partial charge in [-0.1, -0.05) is 25.5 Å². The van der Waals surface area contributed by atoms with Crippen molar-refractivity contribution in [3.8, 4) is 5.75 Å². The molecule has 0 aliphatic heterocycles. The van der Waals surface area contributed by atoms with Crippen LogP contribution in [0.2, 0.25) is 0 Å². The quantitative estimate of drug-likeness (QED) is 0.784. The summed E-state index contributed by atoms with van der Waals surface area (Å²) in [5, 5.41) is 2.92. The van der Waals surface area contributed by atoms with Gasteiger partial charge in [0.2, 0.25) is 5.91 Å². The summed E-state index contributed by atoms with van der Waals surface area (Å²) in [6.07, 6.45) is 4.30. The molecule has 1 saturated carbocycles. The molecule has 0 saturated heterocycles. The van der Waals surface area contributed by atoms with Gasteiger partial charge in [-0.15, -0.1) is 0 Å². The Morgan fingerprint density at radius 2 is 2.28 bits per heavy atom. The lowest BCUT2D eigenvalue weighted by Crippen LogP contribution is -2.36. The van der Waals surface area contributed by atoms with Gasteiger partial charge in [0, 0.05) is 5.92 Å². The molecule has 1 amide bonds. The van der Waals surface area contributed by atoms with Crippen LogP contribution >= 0.6 is 0 Å². The van der Waals surface area contributed by atoms with Gasteiger partial charge in [0.05, 0.1) is 6.54 Å². The molecule has 0 heterocycles. The number of ether oxygens (including phenoxy) is 1. The van der Waals surface area contributed by atoms with Crippen molar-refractivity contribution in [3.63, 3.8) is 0 Å². The van der Waals surface area contributed by atoms with E-state index in [0.717, 1.165) is 25.0 Å². The van der Waals surface area contributed by atoms with E-state index >= 15 is 0 Å². The normalized spacial score (nSPS) is 14.9. The summed E-state index contributed by atoms with van der Waals surface area (Å²) in [4.78, 5) is 11.6. The Bertz CT molecular complexity index is 399. The Morgan fingerprint density at radius 1 is 1.44 bits per heavy atom. The highest BCUT2D eigenvalue weighted by Crippen LogP contribution is 2.25. The number of hydrogen-bond donors (Lipinski definition) is 1. The summed E-state index contributed by atoms with van der Waals surface area (Å²) in [5.41, 5.74) is 1.27.